The van der Waals surface area contributed by atoms with Crippen LogP contribution in [0.25, 0.3) is 0 Å². The molecule has 1 aromatic carbocycles. The molecule has 0 spiro atoms. The van der Waals surface area contributed by atoms with Gasteiger partial charge in [0.2, 0.25) is 0 Å². The monoisotopic (exact) mass is 349 g/mol. The van der Waals surface area contributed by atoms with Crippen LogP contribution >= 0.6 is 11.8 Å². The fourth-order valence-corrected chi connectivity index (χ4v) is 5.15. The zero-order valence-electron chi connectivity index (χ0n) is 13.6. The van der Waals surface area contributed by atoms with Gasteiger partial charge in [0, 0.05) is 5.75 Å². The fraction of sp³-hybridized carbons (Fsp3) is 0.556. The van der Waals surface area contributed by atoms with Gasteiger partial charge in [0.05, 0.1) is 5.37 Å². The molecule has 2 atom stereocenters. The van der Waals surface area contributed by atoms with Gasteiger partial charge in [0.1, 0.15) is 12.6 Å². The number of ether oxygens (including phenoxy) is 1. The van der Waals surface area contributed by atoms with Gasteiger partial charge in [-0.2, -0.15) is 0 Å². The SMILES string of the molecule is O=C(O)C1CS[C@H](C2CCCCC2)N1C(=O)OCc1ccccc1. The largest absolute Gasteiger partial charge is 0.480 e. The van der Waals surface area contributed by atoms with Crippen LogP contribution in [0, 0.1) is 5.92 Å². The van der Waals surface area contributed by atoms with Gasteiger partial charge in [0.25, 0.3) is 0 Å². The second-order valence-corrected chi connectivity index (χ2v) is 7.57. The average molecular weight is 349 g/mol. The van der Waals surface area contributed by atoms with Gasteiger partial charge in [-0.15, -0.1) is 11.8 Å². The summed E-state index contributed by atoms with van der Waals surface area (Å²) in [5.41, 5.74) is 0.902. The van der Waals surface area contributed by atoms with Crippen LogP contribution in [0.3, 0.4) is 0 Å². The molecule has 130 valence electrons. The number of nitrogens with zero attached hydrogens (tertiary/aromatic N) is 1. The quantitative estimate of drug-likeness (QED) is 0.897. The number of benzene rings is 1. The van der Waals surface area contributed by atoms with Gasteiger partial charge in [-0.3, -0.25) is 4.90 Å². The Hall–Kier alpha value is -1.69. The van der Waals surface area contributed by atoms with E-state index in [1.54, 1.807) is 11.8 Å². The summed E-state index contributed by atoms with van der Waals surface area (Å²) in [7, 11) is 0. The number of carboxylic acids is 1. The third-order valence-electron chi connectivity index (χ3n) is 4.79. The van der Waals surface area contributed by atoms with E-state index >= 15 is 0 Å². The van der Waals surface area contributed by atoms with Crippen molar-refractivity contribution >= 4 is 23.8 Å². The fourth-order valence-electron chi connectivity index (χ4n) is 3.53. The first-order valence-corrected chi connectivity index (χ1v) is 9.55. The highest BCUT2D eigenvalue weighted by atomic mass is 32.2. The third-order valence-corrected chi connectivity index (χ3v) is 6.25. The Morgan fingerprint density at radius 1 is 1.17 bits per heavy atom. The van der Waals surface area contributed by atoms with E-state index in [0.717, 1.165) is 31.2 Å². The molecule has 1 unspecified atom stereocenters. The Bertz CT molecular complexity index is 574. The first-order valence-electron chi connectivity index (χ1n) is 8.50. The van der Waals surface area contributed by atoms with Crippen molar-refractivity contribution in [3.8, 4) is 0 Å². The lowest BCUT2D eigenvalue weighted by atomic mass is 9.88. The molecule has 5 nitrogen and oxygen atoms in total. The van der Waals surface area contributed by atoms with Crippen molar-refractivity contribution in [2.45, 2.75) is 50.1 Å². The molecule has 1 N–H and O–H groups in total. The summed E-state index contributed by atoms with van der Waals surface area (Å²) in [4.78, 5) is 25.6. The van der Waals surface area contributed by atoms with Crippen molar-refractivity contribution < 1.29 is 19.4 Å². The predicted octanol–water partition coefficient (Wildman–Crippen LogP) is 3.73. The highest BCUT2D eigenvalue weighted by Gasteiger charge is 2.45. The molecular formula is C18H23NO4S. The first-order chi connectivity index (χ1) is 11.7. The highest BCUT2D eigenvalue weighted by Crippen LogP contribution is 2.40. The van der Waals surface area contributed by atoms with E-state index in [1.807, 2.05) is 30.3 Å². The lowest BCUT2D eigenvalue weighted by Crippen LogP contribution is -2.48. The van der Waals surface area contributed by atoms with E-state index in [1.165, 1.54) is 11.3 Å². The minimum atomic E-state index is -0.947. The lowest BCUT2D eigenvalue weighted by Gasteiger charge is -2.34. The van der Waals surface area contributed by atoms with Crippen LogP contribution in [0.1, 0.15) is 37.7 Å². The summed E-state index contributed by atoms with van der Waals surface area (Å²) in [5.74, 6) is -0.133. The molecule has 1 heterocycles. The molecule has 1 aromatic rings. The highest BCUT2D eigenvalue weighted by molar-refractivity contribution is 8.00. The van der Waals surface area contributed by atoms with Crippen LogP contribution in [0.5, 0.6) is 0 Å². The van der Waals surface area contributed by atoms with Crippen LogP contribution < -0.4 is 0 Å². The predicted molar refractivity (Wildman–Crippen MR) is 92.7 cm³/mol. The smallest absolute Gasteiger partial charge is 0.411 e. The van der Waals surface area contributed by atoms with Crippen LogP contribution in [-0.4, -0.2) is 39.2 Å². The summed E-state index contributed by atoms with van der Waals surface area (Å²) >= 11 is 1.59. The molecule has 0 aromatic heterocycles. The second-order valence-electron chi connectivity index (χ2n) is 6.42. The first kappa shape index (κ1) is 17.1. The minimum absolute atomic E-state index is 0.0744. The number of hydrogen-bond acceptors (Lipinski definition) is 4. The number of hydrogen-bond donors (Lipinski definition) is 1. The van der Waals surface area contributed by atoms with Crippen molar-refractivity contribution in [1.29, 1.82) is 0 Å². The molecule has 0 radical (unpaired) electrons. The van der Waals surface area contributed by atoms with Gasteiger partial charge < -0.3 is 9.84 Å². The Morgan fingerprint density at radius 3 is 2.54 bits per heavy atom. The number of carbonyl (C=O) groups is 2. The van der Waals surface area contributed by atoms with Gasteiger partial charge in [-0.05, 0) is 24.3 Å². The molecule has 1 saturated heterocycles. The number of amides is 1. The Balaban J connectivity index is 1.69. The van der Waals surface area contributed by atoms with E-state index in [4.69, 9.17) is 4.74 Å². The summed E-state index contributed by atoms with van der Waals surface area (Å²) in [6, 6.07) is 8.67. The van der Waals surface area contributed by atoms with E-state index in [-0.39, 0.29) is 12.0 Å². The Morgan fingerprint density at radius 2 is 1.88 bits per heavy atom. The molecular weight excluding hydrogens is 326 g/mol. The molecule has 0 bridgehead atoms. The summed E-state index contributed by atoms with van der Waals surface area (Å²) in [5, 5.41) is 9.40. The van der Waals surface area contributed by atoms with Crippen LogP contribution in [0.4, 0.5) is 4.79 Å². The number of thioether (sulfide) groups is 1. The molecule has 24 heavy (non-hydrogen) atoms. The molecule has 3 rings (SSSR count). The number of rotatable bonds is 4. The van der Waals surface area contributed by atoms with Crippen LogP contribution in [0.2, 0.25) is 0 Å². The molecule has 6 heteroatoms. The van der Waals surface area contributed by atoms with E-state index in [9.17, 15) is 14.7 Å². The molecule has 2 fully saturated rings. The summed E-state index contributed by atoms with van der Waals surface area (Å²) in [6.07, 6.45) is 5.17. The maximum Gasteiger partial charge on any atom is 0.411 e. The average Bonchev–Trinajstić information content (AvgIpc) is 3.07. The Labute approximate surface area is 146 Å². The van der Waals surface area contributed by atoms with Crippen molar-refractivity contribution in [3.05, 3.63) is 35.9 Å². The zero-order chi connectivity index (χ0) is 16.9. The summed E-state index contributed by atoms with van der Waals surface area (Å²) in [6.45, 7) is 0.171. The molecule has 1 aliphatic heterocycles. The van der Waals surface area contributed by atoms with Crippen molar-refractivity contribution in [3.63, 3.8) is 0 Å². The van der Waals surface area contributed by atoms with E-state index in [2.05, 4.69) is 0 Å². The molecule has 1 aliphatic carbocycles. The van der Waals surface area contributed by atoms with Gasteiger partial charge in [-0.25, -0.2) is 9.59 Å². The second kappa shape index (κ2) is 7.92. The third kappa shape index (κ3) is 3.86. The molecule has 1 saturated carbocycles. The van der Waals surface area contributed by atoms with Crippen LogP contribution in [0.15, 0.2) is 30.3 Å². The maximum atomic E-state index is 12.6. The van der Waals surface area contributed by atoms with Crippen molar-refractivity contribution in [2.24, 2.45) is 5.92 Å². The normalized spacial score (nSPS) is 24.8. The topological polar surface area (TPSA) is 66.8 Å². The standard InChI is InChI=1S/C18H23NO4S/c20-17(21)15-12-24-16(14-9-5-2-6-10-14)19(15)18(22)23-11-13-7-3-1-4-8-13/h1,3-4,7-8,14-16H,2,5-6,9-12H2,(H,20,21)/t15?,16-/m1/s1. The number of carboxylic acid groups (broad SMARTS) is 1. The molecule has 2 aliphatic rings. The van der Waals surface area contributed by atoms with Gasteiger partial charge in [0.15, 0.2) is 0 Å². The lowest BCUT2D eigenvalue weighted by molar-refractivity contribution is -0.142. The van der Waals surface area contributed by atoms with Gasteiger partial charge >= 0.3 is 12.1 Å². The zero-order valence-corrected chi connectivity index (χ0v) is 14.4. The van der Waals surface area contributed by atoms with Crippen molar-refractivity contribution in [2.75, 3.05) is 5.75 Å². The number of carbonyl (C=O) groups excluding carboxylic acids is 1. The summed E-state index contributed by atoms with van der Waals surface area (Å²) < 4.78 is 5.42. The molecule has 1 amide bonds. The Kier molecular flexibility index (Phi) is 5.66. The van der Waals surface area contributed by atoms with Gasteiger partial charge in [-0.1, -0.05) is 49.6 Å². The van der Waals surface area contributed by atoms with Crippen LogP contribution in [-0.2, 0) is 16.1 Å². The van der Waals surface area contributed by atoms with E-state index < -0.39 is 18.1 Å². The number of aliphatic carboxylic acids is 1. The minimum Gasteiger partial charge on any atom is -0.480 e. The maximum absolute atomic E-state index is 12.6. The van der Waals surface area contributed by atoms with E-state index in [0.29, 0.717) is 11.7 Å². The van der Waals surface area contributed by atoms with Crippen molar-refractivity contribution in [1.82, 2.24) is 4.90 Å².